The van der Waals surface area contributed by atoms with Gasteiger partial charge in [-0.05, 0) is 30.3 Å². The number of nitrogens with zero attached hydrogens (tertiary/aromatic N) is 3. The SMILES string of the molecule is CNC(=O)c1ccc(S(=O)(=O)N2CCN(c3ncc(C(F)(F)F)cc3Cl)CC2)cc1. The first-order valence-corrected chi connectivity index (χ1v) is 10.7. The third kappa shape index (κ3) is 4.52. The lowest BCUT2D eigenvalue weighted by Crippen LogP contribution is -2.49. The summed E-state index contributed by atoms with van der Waals surface area (Å²) in [7, 11) is -2.30. The molecule has 2 heterocycles. The van der Waals surface area contributed by atoms with Crippen molar-refractivity contribution < 1.29 is 26.4 Å². The van der Waals surface area contributed by atoms with Gasteiger partial charge in [0.05, 0.1) is 15.5 Å². The molecule has 12 heteroatoms. The Morgan fingerprint density at radius 2 is 1.73 bits per heavy atom. The molecule has 1 aliphatic heterocycles. The normalized spacial score (nSPS) is 15.8. The number of hydrogen-bond acceptors (Lipinski definition) is 5. The van der Waals surface area contributed by atoms with Gasteiger partial charge in [0.25, 0.3) is 5.91 Å². The number of carbonyl (C=O) groups excluding carboxylic acids is 1. The van der Waals surface area contributed by atoms with Gasteiger partial charge in [0.1, 0.15) is 5.82 Å². The van der Waals surface area contributed by atoms with Crippen molar-refractivity contribution in [1.82, 2.24) is 14.6 Å². The van der Waals surface area contributed by atoms with Crippen LogP contribution in [0.25, 0.3) is 0 Å². The number of benzene rings is 1. The van der Waals surface area contributed by atoms with Crippen LogP contribution in [0.1, 0.15) is 15.9 Å². The summed E-state index contributed by atoms with van der Waals surface area (Å²) in [5.41, 5.74) is -0.609. The summed E-state index contributed by atoms with van der Waals surface area (Å²) in [6.07, 6.45) is -3.84. The first-order chi connectivity index (χ1) is 14.0. The lowest BCUT2D eigenvalue weighted by molar-refractivity contribution is -0.137. The molecule has 1 saturated heterocycles. The van der Waals surface area contributed by atoms with Crippen molar-refractivity contribution in [2.24, 2.45) is 0 Å². The van der Waals surface area contributed by atoms with E-state index < -0.39 is 21.8 Å². The minimum Gasteiger partial charge on any atom is -0.355 e. The van der Waals surface area contributed by atoms with E-state index in [1.165, 1.54) is 35.6 Å². The van der Waals surface area contributed by atoms with E-state index >= 15 is 0 Å². The largest absolute Gasteiger partial charge is 0.417 e. The van der Waals surface area contributed by atoms with Crippen LogP contribution in [0.5, 0.6) is 0 Å². The Hall–Kier alpha value is -2.37. The summed E-state index contributed by atoms with van der Waals surface area (Å²) < 4.78 is 65.3. The van der Waals surface area contributed by atoms with Crippen LogP contribution in [0.4, 0.5) is 19.0 Å². The summed E-state index contributed by atoms with van der Waals surface area (Å²) in [5, 5.41) is 2.31. The van der Waals surface area contributed by atoms with Crippen molar-refractivity contribution in [2.75, 3.05) is 38.1 Å². The molecule has 1 N–H and O–H groups in total. The van der Waals surface area contributed by atoms with Gasteiger partial charge in [0, 0.05) is 45.0 Å². The predicted molar refractivity (Wildman–Crippen MR) is 105 cm³/mol. The minimum atomic E-state index is -4.55. The minimum absolute atomic E-state index is 0.0503. The summed E-state index contributed by atoms with van der Waals surface area (Å²) in [4.78, 5) is 17.1. The summed E-state index contributed by atoms with van der Waals surface area (Å²) >= 11 is 5.97. The van der Waals surface area contributed by atoms with E-state index in [9.17, 15) is 26.4 Å². The lowest BCUT2D eigenvalue weighted by Gasteiger charge is -2.35. The number of amides is 1. The Morgan fingerprint density at radius 3 is 2.23 bits per heavy atom. The summed E-state index contributed by atoms with van der Waals surface area (Å²) in [6.45, 7) is 0.651. The van der Waals surface area contributed by atoms with Crippen LogP contribution in [0.2, 0.25) is 5.02 Å². The monoisotopic (exact) mass is 462 g/mol. The summed E-state index contributed by atoms with van der Waals surface area (Å²) in [6, 6.07) is 6.38. The van der Waals surface area contributed by atoms with Crippen LogP contribution in [-0.2, 0) is 16.2 Å². The van der Waals surface area contributed by atoms with Crippen molar-refractivity contribution in [3.05, 3.63) is 52.7 Å². The van der Waals surface area contributed by atoms with Gasteiger partial charge in [-0.15, -0.1) is 0 Å². The third-order valence-electron chi connectivity index (χ3n) is 4.67. The second-order valence-electron chi connectivity index (χ2n) is 6.52. The van der Waals surface area contributed by atoms with E-state index in [0.717, 1.165) is 6.07 Å². The molecular weight excluding hydrogens is 445 g/mol. The number of aromatic nitrogens is 1. The van der Waals surface area contributed by atoms with Gasteiger partial charge in [-0.25, -0.2) is 13.4 Å². The number of carbonyl (C=O) groups is 1. The highest BCUT2D eigenvalue weighted by Crippen LogP contribution is 2.34. The smallest absolute Gasteiger partial charge is 0.355 e. The van der Waals surface area contributed by atoms with Gasteiger partial charge < -0.3 is 10.2 Å². The molecule has 0 bridgehead atoms. The standard InChI is InChI=1S/C18H18ClF3N4O3S/c1-23-17(27)12-2-4-14(5-3-12)30(28,29)26-8-6-25(7-9-26)16-15(19)10-13(11-24-16)18(20,21)22/h2-5,10-11H,6-9H2,1H3,(H,23,27). The van der Waals surface area contributed by atoms with E-state index in [1.54, 1.807) is 4.90 Å². The van der Waals surface area contributed by atoms with E-state index in [0.29, 0.717) is 11.8 Å². The summed E-state index contributed by atoms with van der Waals surface area (Å²) in [5.74, 6) is -0.148. The molecule has 162 valence electrons. The Bertz CT molecular complexity index is 1040. The number of halogens is 4. The average Bonchev–Trinajstić information content (AvgIpc) is 2.72. The predicted octanol–water partition coefficient (Wildman–Crippen LogP) is 2.62. The highest BCUT2D eigenvalue weighted by molar-refractivity contribution is 7.89. The Kier molecular flexibility index (Phi) is 6.25. The number of alkyl halides is 3. The molecule has 3 rings (SSSR count). The Morgan fingerprint density at radius 1 is 1.13 bits per heavy atom. The zero-order valence-corrected chi connectivity index (χ0v) is 17.4. The molecule has 0 aliphatic carbocycles. The van der Waals surface area contributed by atoms with Crippen molar-refractivity contribution in [3.8, 4) is 0 Å². The van der Waals surface area contributed by atoms with Crippen LogP contribution in [0, 0.1) is 0 Å². The molecule has 1 amide bonds. The second kappa shape index (κ2) is 8.40. The fourth-order valence-electron chi connectivity index (χ4n) is 3.03. The van der Waals surface area contributed by atoms with Crippen LogP contribution < -0.4 is 10.2 Å². The maximum Gasteiger partial charge on any atom is 0.417 e. The highest BCUT2D eigenvalue weighted by Gasteiger charge is 2.33. The number of sulfonamides is 1. The molecule has 0 spiro atoms. The van der Waals surface area contributed by atoms with Crippen LogP contribution in [0.3, 0.4) is 0 Å². The van der Waals surface area contributed by atoms with Crippen LogP contribution in [-0.4, -0.2) is 56.8 Å². The van der Waals surface area contributed by atoms with Gasteiger partial charge in [0.15, 0.2) is 0 Å². The number of hydrogen-bond donors (Lipinski definition) is 1. The molecule has 1 fully saturated rings. The fraction of sp³-hybridized carbons (Fsp3) is 0.333. The molecule has 2 aromatic rings. The molecule has 0 atom stereocenters. The molecule has 1 aromatic heterocycles. The van der Waals surface area contributed by atoms with Gasteiger partial charge in [0.2, 0.25) is 10.0 Å². The molecule has 0 radical (unpaired) electrons. The molecule has 7 nitrogen and oxygen atoms in total. The lowest BCUT2D eigenvalue weighted by atomic mass is 10.2. The maximum absolute atomic E-state index is 12.8. The molecular formula is C18H18ClF3N4O3S. The second-order valence-corrected chi connectivity index (χ2v) is 8.87. The zero-order valence-electron chi connectivity index (χ0n) is 15.8. The number of nitrogens with one attached hydrogen (secondary N) is 1. The number of pyridine rings is 1. The quantitative estimate of drug-likeness (QED) is 0.755. The topological polar surface area (TPSA) is 82.6 Å². The fourth-order valence-corrected chi connectivity index (χ4v) is 4.74. The number of anilines is 1. The number of rotatable bonds is 4. The van der Waals surface area contributed by atoms with Crippen molar-refractivity contribution in [2.45, 2.75) is 11.1 Å². The molecule has 0 saturated carbocycles. The maximum atomic E-state index is 12.8. The van der Waals surface area contributed by atoms with Gasteiger partial charge in [-0.3, -0.25) is 4.79 Å². The average molecular weight is 463 g/mol. The molecule has 30 heavy (non-hydrogen) atoms. The molecule has 1 aliphatic rings. The first kappa shape index (κ1) is 22.3. The van der Waals surface area contributed by atoms with Crippen molar-refractivity contribution in [1.29, 1.82) is 0 Å². The highest BCUT2D eigenvalue weighted by atomic mass is 35.5. The zero-order chi connectivity index (χ0) is 22.1. The number of piperazine rings is 1. The van der Waals surface area contributed by atoms with Crippen LogP contribution >= 0.6 is 11.6 Å². The van der Waals surface area contributed by atoms with Gasteiger partial charge in [-0.2, -0.15) is 17.5 Å². The van der Waals surface area contributed by atoms with E-state index in [-0.39, 0.29) is 47.8 Å². The van der Waals surface area contributed by atoms with Crippen LogP contribution in [0.15, 0.2) is 41.4 Å². The molecule has 1 aromatic carbocycles. The Balaban J connectivity index is 1.71. The first-order valence-electron chi connectivity index (χ1n) is 8.84. The van der Waals surface area contributed by atoms with Crippen molar-refractivity contribution >= 4 is 33.3 Å². The Labute approximate surface area is 176 Å². The molecule has 0 unspecified atom stereocenters. The van der Waals surface area contributed by atoms with Gasteiger partial charge in [-0.1, -0.05) is 11.6 Å². The van der Waals surface area contributed by atoms with E-state index in [1.807, 2.05) is 0 Å². The van der Waals surface area contributed by atoms with E-state index in [2.05, 4.69) is 10.3 Å². The van der Waals surface area contributed by atoms with Gasteiger partial charge >= 0.3 is 6.18 Å². The third-order valence-corrected chi connectivity index (χ3v) is 6.86. The van der Waals surface area contributed by atoms with E-state index in [4.69, 9.17) is 11.6 Å². The van der Waals surface area contributed by atoms with Crippen molar-refractivity contribution in [3.63, 3.8) is 0 Å².